The van der Waals surface area contributed by atoms with Gasteiger partial charge in [0.1, 0.15) is 5.82 Å². The molecular weight excluding hydrogens is 239 g/mol. The SMILES string of the molecule is CSC(C)CCNC(=O)c1ccc(F)c(N)c1. The van der Waals surface area contributed by atoms with Crippen LogP contribution in [0.2, 0.25) is 0 Å². The van der Waals surface area contributed by atoms with E-state index in [9.17, 15) is 9.18 Å². The van der Waals surface area contributed by atoms with Gasteiger partial charge in [0, 0.05) is 17.4 Å². The van der Waals surface area contributed by atoms with E-state index >= 15 is 0 Å². The number of carbonyl (C=O) groups is 1. The van der Waals surface area contributed by atoms with Gasteiger partial charge in [-0.25, -0.2) is 4.39 Å². The van der Waals surface area contributed by atoms with Crippen LogP contribution in [0.5, 0.6) is 0 Å². The lowest BCUT2D eigenvalue weighted by molar-refractivity contribution is 0.0953. The van der Waals surface area contributed by atoms with E-state index in [4.69, 9.17) is 5.73 Å². The molecule has 5 heteroatoms. The van der Waals surface area contributed by atoms with Crippen molar-refractivity contribution in [1.82, 2.24) is 5.32 Å². The van der Waals surface area contributed by atoms with E-state index < -0.39 is 5.82 Å². The first-order valence-corrected chi connectivity index (χ1v) is 6.69. The molecule has 94 valence electrons. The Bertz CT molecular complexity index is 398. The van der Waals surface area contributed by atoms with E-state index in [1.165, 1.54) is 18.2 Å². The molecule has 0 aliphatic heterocycles. The fourth-order valence-electron chi connectivity index (χ4n) is 1.29. The van der Waals surface area contributed by atoms with Crippen molar-refractivity contribution in [1.29, 1.82) is 0 Å². The summed E-state index contributed by atoms with van der Waals surface area (Å²) in [5.74, 6) is -0.720. The van der Waals surface area contributed by atoms with E-state index in [0.717, 1.165) is 6.42 Å². The number of rotatable bonds is 5. The van der Waals surface area contributed by atoms with Gasteiger partial charge in [0.25, 0.3) is 5.91 Å². The molecule has 0 aliphatic carbocycles. The average molecular weight is 256 g/mol. The van der Waals surface area contributed by atoms with E-state index in [1.807, 2.05) is 6.26 Å². The monoisotopic (exact) mass is 256 g/mol. The highest BCUT2D eigenvalue weighted by Crippen LogP contribution is 2.12. The molecule has 1 aromatic carbocycles. The molecule has 1 aromatic rings. The number of anilines is 1. The number of nitrogen functional groups attached to an aromatic ring is 1. The molecule has 0 aromatic heterocycles. The summed E-state index contributed by atoms with van der Waals surface area (Å²) in [7, 11) is 0. The van der Waals surface area contributed by atoms with Gasteiger partial charge in [-0.05, 0) is 30.9 Å². The summed E-state index contributed by atoms with van der Waals surface area (Å²) >= 11 is 1.76. The van der Waals surface area contributed by atoms with Gasteiger partial charge in [-0.15, -0.1) is 0 Å². The molecule has 0 saturated carbocycles. The fraction of sp³-hybridized carbons (Fsp3) is 0.417. The molecule has 17 heavy (non-hydrogen) atoms. The lowest BCUT2D eigenvalue weighted by Crippen LogP contribution is -2.26. The van der Waals surface area contributed by atoms with Gasteiger partial charge in [0.05, 0.1) is 5.69 Å². The normalized spacial score (nSPS) is 12.2. The van der Waals surface area contributed by atoms with Crippen molar-refractivity contribution in [2.75, 3.05) is 18.5 Å². The molecular formula is C12H17FN2OS. The van der Waals surface area contributed by atoms with Crippen molar-refractivity contribution in [3.8, 4) is 0 Å². The maximum atomic E-state index is 12.9. The van der Waals surface area contributed by atoms with Gasteiger partial charge in [0.15, 0.2) is 0 Å². The molecule has 0 radical (unpaired) electrons. The minimum atomic E-state index is -0.502. The number of benzene rings is 1. The molecule has 1 rings (SSSR count). The molecule has 0 bridgehead atoms. The van der Waals surface area contributed by atoms with Crippen molar-refractivity contribution in [2.45, 2.75) is 18.6 Å². The van der Waals surface area contributed by atoms with Gasteiger partial charge >= 0.3 is 0 Å². The van der Waals surface area contributed by atoms with Gasteiger partial charge in [0.2, 0.25) is 0 Å². The Morgan fingerprint density at radius 2 is 2.29 bits per heavy atom. The third-order valence-corrected chi connectivity index (χ3v) is 3.54. The predicted molar refractivity (Wildman–Crippen MR) is 70.7 cm³/mol. The van der Waals surface area contributed by atoms with E-state index in [1.54, 1.807) is 11.8 Å². The Morgan fingerprint density at radius 1 is 1.59 bits per heavy atom. The summed E-state index contributed by atoms with van der Waals surface area (Å²) in [4.78, 5) is 11.7. The Kier molecular flexibility index (Phi) is 5.28. The maximum Gasteiger partial charge on any atom is 0.251 e. The first-order chi connectivity index (χ1) is 8.04. The molecule has 3 nitrogen and oxygen atoms in total. The van der Waals surface area contributed by atoms with Crippen LogP contribution in [0.1, 0.15) is 23.7 Å². The zero-order valence-corrected chi connectivity index (χ0v) is 10.8. The number of hydrogen-bond acceptors (Lipinski definition) is 3. The Labute approximate surface area is 105 Å². The average Bonchev–Trinajstić information content (AvgIpc) is 2.32. The zero-order chi connectivity index (χ0) is 12.8. The van der Waals surface area contributed by atoms with Crippen molar-refractivity contribution < 1.29 is 9.18 Å². The number of hydrogen-bond donors (Lipinski definition) is 2. The lowest BCUT2D eigenvalue weighted by Gasteiger charge is -2.09. The highest BCUT2D eigenvalue weighted by Gasteiger charge is 2.08. The first-order valence-electron chi connectivity index (χ1n) is 5.40. The third-order valence-electron chi connectivity index (χ3n) is 2.50. The van der Waals surface area contributed by atoms with Crippen LogP contribution < -0.4 is 11.1 Å². The second kappa shape index (κ2) is 6.49. The molecule has 1 amide bonds. The minimum Gasteiger partial charge on any atom is -0.396 e. The van der Waals surface area contributed by atoms with Crippen LogP contribution in [0.4, 0.5) is 10.1 Å². The minimum absolute atomic E-state index is 0.00451. The molecule has 0 heterocycles. The topological polar surface area (TPSA) is 55.1 Å². The highest BCUT2D eigenvalue weighted by atomic mass is 32.2. The van der Waals surface area contributed by atoms with Crippen LogP contribution in [-0.4, -0.2) is 24.0 Å². The van der Waals surface area contributed by atoms with E-state index in [2.05, 4.69) is 12.2 Å². The molecule has 0 fully saturated rings. The van der Waals surface area contributed by atoms with Crippen LogP contribution in [0, 0.1) is 5.82 Å². The predicted octanol–water partition coefficient (Wildman–Crippen LogP) is 2.28. The third kappa shape index (κ3) is 4.26. The Morgan fingerprint density at radius 3 is 2.88 bits per heavy atom. The van der Waals surface area contributed by atoms with Crippen molar-refractivity contribution in [2.24, 2.45) is 0 Å². The van der Waals surface area contributed by atoms with Crippen molar-refractivity contribution in [3.63, 3.8) is 0 Å². The standard InChI is InChI=1S/C12H17FN2OS/c1-8(17-2)5-6-15-12(16)9-3-4-10(13)11(14)7-9/h3-4,7-8H,5-6,14H2,1-2H3,(H,15,16). The van der Waals surface area contributed by atoms with E-state index in [-0.39, 0.29) is 11.6 Å². The largest absolute Gasteiger partial charge is 0.396 e. The van der Waals surface area contributed by atoms with Crippen LogP contribution in [0.25, 0.3) is 0 Å². The molecule has 0 aliphatic rings. The number of carbonyl (C=O) groups excluding carboxylic acids is 1. The van der Waals surface area contributed by atoms with Crippen LogP contribution >= 0.6 is 11.8 Å². The number of halogens is 1. The summed E-state index contributed by atoms with van der Waals surface area (Å²) in [5.41, 5.74) is 5.78. The summed E-state index contributed by atoms with van der Waals surface area (Å²) in [6, 6.07) is 3.98. The maximum absolute atomic E-state index is 12.9. The molecule has 1 atom stereocenters. The highest BCUT2D eigenvalue weighted by molar-refractivity contribution is 7.99. The quantitative estimate of drug-likeness (QED) is 0.795. The number of nitrogens with one attached hydrogen (secondary N) is 1. The Hall–Kier alpha value is -1.23. The molecule has 0 saturated heterocycles. The van der Waals surface area contributed by atoms with Gasteiger partial charge in [-0.1, -0.05) is 6.92 Å². The molecule has 1 unspecified atom stereocenters. The van der Waals surface area contributed by atoms with Crippen molar-refractivity contribution in [3.05, 3.63) is 29.6 Å². The number of thioether (sulfide) groups is 1. The smallest absolute Gasteiger partial charge is 0.251 e. The van der Waals surface area contributed by atoms with Gasteiger partial charge < -0.3 is 11.1 Å². The summed E-state index contributed by atoms with van der Waals surface area (Å²) < 4.78 is 12.9. The summed E-state index contributed by atoms with van der Waals surface area (Å²) in [6.45, 7) is 2.71. The second-order valence-electron chi connectivity index (χ2n) is 3.83. The van der Waals surface area contributed by atoms with Gasteiger partial charge in [-0.2, -0.15) is 11.8 Å². The first kappa shape index (κ1) is 13.8. The van der Waals surface area contributed by atoms with Crippen LogP contribution in [-0.2, 0) is 0 Å². The van der Waals surface area contributed by atoms with E-state index in [0.29, 0.717) is 17.4 Å². The summed E-state index contributed by atoms with van der Waals surface area (Å²) in [5, 5.41) is 3.29. The van der Waals surface area contributed by atoms with Crippen molar-refractivity contribution >= 4 is 23.4 Å². The number of nitrogens with two attached hydrogens (primary N) is 1. The summed E-state index contributed by atoms with van der Waals surface area (Å²) in [6.07, 6.45) is 2.94. The Balaban J connectivity index is 2.50. The van der Waals surface area contributed by atoms with Crippen LogP contribution in [0.3, 0.4) is 0 Å². The lowest BCUT2D eigenvalue weighted by atomic mass is 10.2. The fourth-order valence-corrected chi connectivity index (χ4v) is 1.65. The molecule has 3 N–H and O–H groups in total. The zero-order valence-electron chi connectivity index (χ0n) is 10.00. The van der Waals surface area contributed by atoms with Gasteiger partial charge in [-0.3, -0.25) is 4.79 Å². The second-order valence-corrected chi connectivity index (χ2v) is 5.10. The molecule has 0 spiro atoms. The van der Waals surface area contributed by atoms with Crippen LogP contribution in [0.15, 0.2) is 18.2 Å². The number of amides is 1.